The predicted octanol–water partition coefficient (Wildman–Crippen LogP) is 3.10. The Kier molecular flexibility index (Phi) is 7.39. The standard InChI is InChI=1S/C22H28N6.ClH/c23-13-16(14-24)10-12-28(15-21-26-18-7-1-2-8-19(18)27-21)20-9-3-5-17-6-4-11-25-22(17)20;/h1-2,4,6-8,10-11,20H,3,5,9,12-15,23-24H2,(H,26,27);1H. The number of nitrogens with one attached hydrogen (secondary N) is 1. The van der Waals surface area contributed by atoms with Gasteiger partial charge in [0.25, 0.3) is 0 Å². The summed E-state index contributed by atoms with van der Waals surface area (Å²) >= 11 is 0. The molecule has 0 spiro atoms. The number of aromatic amines is 1. The number of hydrogen-bond acceptors (Lipinski definition) is 5. The van der Waals surface area contributed by atoms with Crippen LogP contribution in [0.2, 0.25) is 0 Å². The second-order valence-corrected chi connectivity index (χ2v) is 7.36. The van der Waals surface area contributed by atoms with Crippen molar-refractivity contribution in [2.75, 3.05) is 19.6 Å². The highest BCUT2D eigenvalue weighted by Crippen LogP contribution is 2.33. The van der Waals surface area contributed by atoms with Crippen molar-refractivity contribution in [3.05, 3.63) is 71.3 Å². The third-order valence-corrected chi connectivity index (χ3v) is 5.54. The van der Waals surface area contributed by atoms with E-state index in [0.717, 1.165) is 48.4 Å². The molecule has 29 heavy (non-hydrogen) atoms. The van der Waals surface area contributed by atoms with Crippen molar-refractivity contribution in [1.82, 2.24) is 19.9 Å². The molecule has 2 heterocycles. The molecule has 6 nitrogen and oxygen atoms in total. The highest BCUT2D eigenvalue weighted by molar-refractivity contribution is 5.85. The molecule has 0 aliphatic heterocycles. The summed E-state index contributed by atoms with van der Waals surface area (Å²) in [7, 11) is 0. The number of imidazole rings is 1. The molecule has 1 unspecified atom stereocenters. The van der Waals surface area contributed by atoms with Gasteiger partial charge in [0.15, 0.2) is 0 Å². The van der Waals surface area contributed by atoms with Crippen LogP contribution in [-0.2, 0) is 13.0 Å². The molecular formula is C22H29ClN6. The first-order valence-corrected chi connectivity index (χ1v) is 9.98. The Morgan fingerprint density at radius 2 is 2.00 bits per heavy atom. The number of para-hydroxylation sites is 2. The fourth-order valence-electron chi connectivity index (χ4n) is 4.01. The van der Waals surface area contributed by atoms with E-state index in [9.17, 15) is 0 Å². The van der Waals surface area contributed by atoms with Gasteiger partial charge in [-0.1, -0.05) is 24.3 Å². The van der Waals surface area contributed by atoms with Crippen LogP contribution in [-0.4, -0.2) is 39.5 Å². The van der Waals surface area contributed by atoms with Gasteiger partial charge in [-0.15, -0.1) is 12.4 Å². The molecule has 0 saturated heterocycles. The van der Waals surface area contributed by atoms with Gasteiger partial charge in [-0.2, -0.15) is 0 Å². The van der Waals surface area contributed by atoms with E-state index in [1.807, 2.05) is 30.5 Å². The number of aryl methyl sites for hydroxylation is 1. The number of halogens is 1. The first-order chi connectivity index (χ1) is 13.8. The Morgan fingerprint density at radius 1 is 1.17 bits per heavy atom. The van der Waals surface area contributed by atoms with Crippen molar-refractivity contribution in [2.45, 2.75) is 31.8 Å². The van der Waals surface area contributed by atoms with E-state index in [2.05, 4.69) is 28.1 Å². The SMILES string of the molecule is Cl.NCC(=CCN(Cc1nc2ccccc2[nH]1)C1CCCc2cccnc21)CN. The summed E-state index contributed by atoms with van der Waals surface area (Å²) in [6.45, 7) is 2.50. The lowest BCUT2D eigenvalue weighted by molar-refractivity contribution is 0.181. The van der Waals surface area contributed by atoms with E-state index < -0.39 is 0 Å². The number of nitrogens with two attached hydrogens (primary N) is 2. The summed E-state index contributed by atoms with van der Waals surface area (Å²) in [5, 5.41) is 0. The zero-order valence-corrected chi connectivity index (χ0v) is 17.4. The maximum Gasteiger partial charge on any atom is 0.121 e. The van der Waals surface area contributed by atoms with E-state index in [-0.39, 0.29) is 18.4 Å². The van der Waals surface area contributed by atoms with Crippen LogP contribution in [0.3, 0.4) is 0 Å². The molecule has 0 saturated carbocycles. The topological polar surface area (TPSA) is 96.8 Å². The molecule has 4 rings (SSSR count). The number of H-pyrrole nitrogens is 1. The van der Waals surface area contributed by atoms with E-state index in [1.165, 1.54) is 17.7 Å². The van der Waals surface area contributed by atoms with Crippen LogP contribution in [0.15, 0.2) is 54.2 Å². The Bertz CT molecular complexity index is 928. The molecule has 0 radical (unpaired) electrons. The second-order valence-electron chi connectivity index (χ2n) is 7.36. The highest BCUT2D eigenvalue weighted by atomic mass is 35.5. The molecule has 0 bridgehead atoms. The first kappa shape index (κ1) is 21.5. The number of aromatic nitrogens is 3. The van der Waals surface area contributed by atoms with Gasteiger partial charge >= 0.3 is 0 Å². The normalized spacial score (nSPS) is 15.8. The lowest BCUT2D eigenvalue weighted by atomic mass is 9.90. The van der Waals surface area contributed by atoms with Crippen molar-refractivity contribution in [1.29, 1.82) is 0 Å². The maximum atomic E-state index is 5.83. The minimum atomic E-state index is 0. The van der Waals surface area contributed by atoms with Crippen molar-refractivity contribution in [3.8, 4) is 0 Å². The largest absolute Gasteiger partial charge is 0.341 e. The number of benzene rings is 1. The number of nitrogens with zero attached hydrogens (tertiary/aromatic N) is 3. The monoisotopic (exact) mass is 412 g/mol. The quantitative estimate of drug-likeness (QED) is 0.518. The summed E-state index contributed by atoms with van der Waals surface area (Å²) in [5.74, 6) is 0.972. The maximum absolute atomic E-state index is 5.83. The molecular weight excluding hydrogens is 384 g/mol. The van der Waals surface area contributed by atoms with Crippen LogP contribution in [0.25, 0.3) is 11.0 Å². The summed E-state index contributed by atoms with van der Waals surface area (Å²) in [6.07, 6.45) is 7.44. The van der Waals surface area contributed by atoms with Crippen molar-refractivity contribution in [2.24, 2.45) is 11.5 Å². The molecule has 7 heteroatoms. The number of pyridine rings is 1. The number of fused-ring (bicyclic) bond motifs is 2. The van der Waals surface area contributed by atoms with E-state index in [4.69, 9.17) is 21.4 Å². The number of rotatable bonds is 7. The minimum absolute atomic E-state index is 0. The smallest absolute Gasteiger partial charge is 0.121 e. The van der Waals surface area contributed by atoms with Gasteiger partial charge in [0, 0.05) is 25.8 Å². The molecule has 5 N–H and O–H groups in total. The second kappa shape index (κ2) is 9.98. The Labute approximate surface area is 177 Å². The van der Waals surface area contributed by atoms with Gasteiger partial charge in [-0.25, -0.2) is 4.98 Å². The molecule has 1 aromatic carbocycles. The Morgan fingerprint density at radius 3 is 2.79 bits per heavy atom. The third kappa shape index (κ3) is 4.85. The van der Waals surface area contributed by atoms with Gasteiger partial charge in [0.1, 0.15) is 5.82 Å². The molecule has 3 aromatic rings. The van der Waals surface area contributed by atoms with Crippen LogP contribution in [0.4, 0.5) is 0 Å². The minimum Gasteiger partial charge on any atom is -0.341 e. The fraction of sp³-hybridized carbons (Fsp3) is 0.364. The van der Waals surface area contributed by atoms with Crippen molar-refractivity contribution < 1.29 is 0 Å². The molecule has 2 aromatic heterocycles. The van der Waals surface area contributed by atoms with Crippen LogP contribution in [0.5, 0.6) is 0 Å². The average molecular weight is 413 g/mol. The van der Waals surface area contributed by atoms with Crippen LogP contribution >= 0.6 is 12.4 Å². The van der Waals surface area contributed by atoms with Gasteiger partial charge in [0.2, 0.25) is 0 Å². The van der Waals surface area contributed by atoms with Gasteiger partial charge in [0.05, 0.1) is 29.3 Å². The zero-order chi connectivity index (χ0) is 19.3. The lowest BCUT2D eigenvalue weighted by Crippen LogP contribution is -2.33. The average Bonchev–Trinajstić information content (AvgIpc) is 3.15. The predicted molar refractivity (Wildman–Crippen MR) is 120 cm³/mol. The van der Waals surface area contributed by atoms with Gasteiger partial charge < -0.3 is 16.5 Å². The van der Waals surface area contributed by atoms with Gasteiger partial charge in [-0.05, 0) is 48.6 Å². The van der Waals surface area contributed by atoms with Crippen LogP contribution in [0.1, 0.15) is 36.0 Å². The summed E-state index contributed by atoms with van der Waals surface area (Å²) in [6, 6.07) is 12.7. The molecule has 1 aliphatic carbocycles. The van der Waals surface area contributed by atoms with Crippen LogP contribution < -0.4 is 11.5 Å². The summed E-state index contributed by atoms with van der Waals surface area (Å²) in [4.78, 5) is 15.4. The summed E-state index contributed by atoms with van der Waals surface area (Å²) in [5.41, 5.74) is 17.4. The summed E-state index contributed by atoms with van der Waals surface area (Å²) < 4.78 is 0. The number of hydrogen-bond donors (Lipinski definition) is 3. The third-order valence-electron chi connectivity index (χ3n) is 5.54. The van der Waals surface area contributed by atoms with Crippen LogP contribution in [0, 0.1) is 0 Å². The highest BCUT2D eigenvalue weighted by Gasteiger charge is 2.27. The molecule has 0 amide bonds. The molecule has 1 atom stereocenters. The van der Waals surface area contributed by atoms with E-state index >= 15 is 0 Å². The molecule has 1 aliphatic rings. The van der Waals surface area contributed by atoms with E-state index in [0.29, 0.717) is 13.1 Å². The molecule has 154 valence electrons. The fourth-order valence-corrected chi connectivity index (χ4v) is 4.01. The Hall–Kier alpha value is -2.25. The van der Waals surface area contributed by atoms with E-state index in [1.54, 1.807) is 0 Å². The lowest BCUT2D eigenvalue weighted by Gasteiger charge is -2.34. The Balaban J connectivity index is 0.00000240. The van der Waals surface area contributed by atoms with Gasteiger partial charge in [-0.3, -0.25) is 9.88 Å². The van der Waals surface area contributed by atoms with Crippen molar-refractivity contribution in [3.63, 3.8) is 0 Å². The zero-order valence-electron chi connectivity index (χ0n) is 16.6. The first-order valence-electron chi connectivity index (χ1n) is 9.98. The van der Waals surface area contributed by atoms with Crippen molar-refractivity contribution >= 4 is 23.4 Å². The molecule has 0 fully saturated rings.